The Kier molecular flexibility index (Phi) is 140. The van der Waals surface area contributed by atoms with Gasteiger partial charge in [-0.15, -0.1) is 71.9 Å². The topological polar surface area (TPSA) is 0 Å². The van der Waals surface area contributed by atoms with Gasteiger partial charge in [-0.2, -0.15) is 0 Å². The fourth-order valence-corrected chi connectivity index (χ4v) is 0. The molecule has 0 spiro atoms. The Morgan fingerprint density at radius 2 is 0.800 bits per heavy atom. The normalized spacial score (nSPS) is 1.20. The highest BCUT2D eigenvalue weighted by Gasteiger charge is 0.950. The van der Waals surface area contributed by atoms with Crippen molar-refractivity contribution in [3.05, 3.63) is 0 Å². The zero-order valence-electron chi connectivity index (χ0n) is 2.60. The van der Waals surface area contributed by atoms with Gasteiger partial charge in [-0.3, -0.25) is 0 Å². The van der Waals surface area contributed by atoms with Crippen molar-refractivity contribution in [3.8, 4) is 0 Å². The molecule has 0 aliphatic heterocycles. The quantitative estimate of drug-likeness (QED) is 0.337. The maximum Gasteiger partial charge on any atom is -0.0121 e. The first-order valence-corrected chi connectivity index (χ1v) is 2.54. The second-order valence-corrected chi connectivity index (χ2v) is 0. The van der Waals surface area contributed by atoms with Gasteiger partial charge in [-0.05, 0) is 4.93 Å². The molecule has 0 aliphatic carbocycles. The molecule has 38 valence electrons. The van der Waals surface area contributed by atoms with Gasteiger partial charge in [0.05, 0.1) is 0 Å². The van der Waals surface area contributed by atoms with Crippen molar-refractivity contribution < 1.29 is 0 Å². The Labute approximate surface area is 97.4 Å². The van der Waals surface area contributed by atoms with Crippen molar-refractivity contribution in [2.24, 2.45) is 0 Å². The van der Waals surface area contributed by atoms with E-state index in [-0.39, 0.29) is 71.9 Å². The third-order valence-corrected chi connectivity index (χ3v) is 0. The van der Waals surface area contributed by atoms with E-state index < -0.39 is 0 Å². The van der Waals surface area contributed by atoms with Crippen LogP contribution in [0, 0.1) is 0 Å². The van der Waals surface area contributed by atoms with Crippen LogP contribution in [0.4, 0.5) is 0 Å². The van der Waals surface area contributed by atoms with E-state index in [2.05, 4.69) is 22.6 Å². The highest BCUT2D eigenvalue weighted by atomic mass is 127. The molecule has 0 radical (unpaired) electrons. The molecule has 0 heterocycles. The van der Waals surface area contributed by atoms with Gasteiger partial charge in [-0.1, -0.05) is 22.6 Å². The summed E-state index contributed by atoms with van der Waals surface area (Å²) in [6, 6.07) is 0. The van der Waals surface area contributed by atoms with Gasteiger partial charge in [-0.25, -0.2) is 0 Å². The molecule has 4 heteroatoms. The van der Waals surface area contributed by atoms with E-state index in [0.29, 0.717) is 0 Å². The van der Waals surface area contributed by atoms with E-state index in [1.54, 1.807) is 0 Å². The van der Waals surface area contributed by atoms with E-state index in [4.69, 9.17) is 0 Å². The van der Waals surface area contributed by atoms with Gasteiger partial charge in [0.25, 0.3) is 0 Å². The van der Waals surface area contributed by atoms with Crippen LogP contribution in [0.1, 0.15) is 0 Å². The van der Waals surface area contributed by atoms with Crippen LogP contribution in [-0.2, 0) is 0 Å². The third kappa shape index (κ3) is 19.6. The van der Waals surface area contributed by atoms with Crippen LogP contribution in [0.25, 0.3) is 0 Å². The predicted molar refractivity (Wildman–Crippen MR) is 66.2 cm³/mol. The fraction of sp³-hybridized carbons (Fsp3) is 1.00. The van der Waals surface area contributed by atoms with Crippen molar-refractivity contribution in [2.75, 3.05) is 4.93 Å². The van der Waals surface area contributed by atoms with Crippen molar-refractivity contribution in [3.63, 3.8) is 0 Å². The molecular weight excluding hydrogens is 520 g/mol. The van der Waals surface area contributed by atoms with E-state index in [1.807, 2.05) is 4.93 Å². The smallest absolute Gasteiger partial charge is 0.0121 e. The average Bonchev–Trinajstić information content (AvgIpc) is 1.00. The van der Waals surface area contributed by atoms with Crippen LogP contribution >= 0.6 is 94.5 Å². The average molecular weight is 526 g/mol. The number of hydrogen-bond acceptors (Lipinski definition) is 0. The Bertz CT molecular complexity index is 3.61. The third-order valence-electron chi connectivity index (χ3n) is 0. The molecule has 0 rings (SSSR count). The standard InChI is InChI=1S/CH3I.3HI/c1-2;;;/h1H3;3*1H. The van der Waals surface area contributed by atoms with Crippen LogP contribution in [0.2, 0.25) is 0 Å². The number of rotatable bonds is 0. The zero-order chi connectivity index (χ0) is 2.00. The number of hydrogen-bond donors (Lipinski definition) is 0. The summed E-state index contributed by atoms with van der Waals surface area (Å²) in [5.74, 6) is 0. The van der Waals surface area contributed by atoms with Gasteiger partial charge in [0.1, 0.15) is 0 Å². The van der Waals surface area contributed by atoms with Crippen LogP contribution in [0.15, 0.2) is 0 Å². The largest absolute Gasteiger partial charge is 0.107 e. The second-order valence-electron chi connectivity index (χ2n) is 0. The molecule has 0 fully saturated rings. The Morgan fingerprint density at radius 1 is 0.800 bits per heavy atom. The lowest BCUT2D eigenvalue weighted by molar-refractivity contribution is 2.66. The Morgan fingerprint density at radius 3 is 0.800 bits per heavy atom. The lowest BCUT2D eigenvalue weighted by Crippen LogP contribution is -0.798. The number of alkyl halides is 1. The van der Waals surface area contributed by atoms with Crippen molar-refractivity contribution in [2.45, 2.75) is 0 Å². The van der Waals surface area contributed by atoms with Crippen LogP contribution < -0.4 is 0 Å². The molecule has 0 nitrogen and oxygen atoms in total. The van der Waals surface area contributed by atoms with Crippen LogP contribution in [0.3, 0.4) is 0 Å². The van der Waals surface area contributed by atoms with Crippen LogP contribution in [0.5, 0.6) is 0 Å². The van der Waals surface area contributed by atoms with Crippen molar-refractivity contribution >= 4 is 94.5 Å². The minimum atomic E-state index is 0. The zero-order valence-corrected chi connectivity index (χ0v) is 11.8. The molecule has 0 aliphatic rings. The highest BCUT2D eigenvalue weighted by molar-refractivity contribution is 14.1. The monoisotopic (exact) mass is 526 g/mol. The number of halogens is 4. The molecule has 0 atom stereocenters. The summed E-state index contributed by atoms with van der Waals surface area (Å²) in [4.78, 5) is 1.97. The second kappa shape index (κ2) is 28.4. The highest BCUT2D eigenvalue weighted by Crippen LogP contribution is 1.48. The summed E-state index contributed by atoms with van der Waals surface area (Å²) >= 11 is 2.15. The van der Waals surface area contributed by atoms with Gasteiger partial charge in [0.2, 0.25) is 0 Å². The molecule has 0 amide bonds. The minimum Gasteiger partial charge on any atom is -0.107 e. The predicted octanol–water partition coefficient (Wildman–Crippen LogP) is 2.91. The molecule has 5 heavy (non-hydrogen) atoms. The molecular formula is CH6I4. The Hall–Kier alpha value is 2.92. The molecule has 0 unspecified atom stereocenters. The molecule has 0 aromatic rings. The first kappa shape index (κ1) is 24.7. The summed E-state index contributed by atoms with van der Waals surface area (Å²) < 4.78 is 0. The van der Waals surface area contributed by atoms with Crippen LogP contribution in [-0.4, -0.2) is 4.93 Å². The van der Waals surface area contributed by atoms with E-state index in [9.17, 15) is 0 Å². The molecule has 0 N–H and O–H groups in total. The Balaban J connectivity index is -0.00000000167. The molecule has 0 aromatic heterocycles. The van der Waals surface area contributed by atoms with Gasteiger partial charge in [0, 0.05) is 0 Å². The fourth-order valence-electron chi connectivity index (χ4n) is 0. The first-order chi connectivity index (χ1) is 1.00. The maximum atomic E-state index is 2.15. The van der Waals surface area contributed by atoms with Gasteiger partial charge in [0.15, 0.2) is 0 Å². The van der Waals surface area contributed by atoms with E-state index in [1.165, 1.54) is 0 Å². The lowest BCUT2D eigenvalue weighted by atomic mass is 12.0. The molecule has 0 saturated carbocycles. The van der Waals surface area contributed by atoms with Gasteiger partial charge < -0.3 is 0 Å². The summed E-state index contributed by atoms with van der Waals surface area (Å²) in [6.07, 6.45) is 0. The SMILES string of the molecule is CI.I.I.I. The summed E-state index contributed by atoms with van der Waals surface area (Å²) in [5, 5.41) is 0. The van der Waals surface area contributed by atoms with Crippen molar-refractivity contribution in [1.82, 2.24) is 0 Å². The summed E-state index contributed by atoms with van der Waals surface area (Å²) in [7, 11) is 0. The van der Waals surface area contributed by atoms with E-state index in [0.717, 1.165) is 0 Å². The maximum absolute atomic E-state index is 2.15. The first-order valence-electron chi connectivity index (χ1n) is 0.378. The summed E-state index contributed by atoms with van der Waals surface area (Å²) in [5.41, 5.74) is 0. The molecule has 0 saturated heterocycles. The molecule has 0 aromatic carbocycles. The van der Waals surface area contributed by atoms with E-state index >= 15 is 0 Å². The van der Waals surface area contributed by atoms with Crippen molar-refractivity contribution in [1.29, 1.82) is 0 Å². The lowest BCUT2D eigenvalue weighted by Gasteiger charge is -1.05. The molecule has 0 bridgehead atoms. The minimum absolute atomic E-state index is 0. The summed E-state index contributed by atoms with van der Waals surface area (Å²) in [6.45, 7) is 0. The van der Waals surface area contributed by atoms with Gasteiger partial charge >= 0.3 is 0 Å².